The number of carbonyl (C=O) groups excluding carboxylic acids is 1. The number of nitrogens with zero attached hydrogens (tertiary/aromatic N) is 4. The van der Waals surface area contributed by atoms with E-state index in [1.54, 1.807) is 18.2 Å². The Hall–Kier alpha value is -2.63. The van der Waals surface area contributed by atoms with Gasteiger partial charge in [-0.1, -0.05) is 19.3 Å². The Morgan fingerprint density at radius 1 is 1.13 bits per heavy atom. The second-order valence-corrected chi connectivity index (χ2v) is 9.94. The number of benzene rings is 1. The minimum Gasteiger partial charge on any atom is -0.379 e. The number of H-pyrrole nitrogens is 1. The fourth-order valence-corrected chi connectivity index (χ4v) is 5.71. The van der Waals surface area contributed by atoms with Crippen LogP contribution in [0.2, 0.25) is 0 Å². The van der Waals surface area contributed by atoms with Crippen LogP contribution in [0.1, 0.15) is 32.1 Å². The van der Waals surface area contributed by atoms with Crippen LogP contribution < -0.4 is 5.32 Å². The maximum atomic E-state index is 13.0. The van der Waals surface area contributed by atoms with E-state index >= 15 is 0 Å². The molecule has 2 aromatic heterocycles. The van der Waals surface area contributed by atoms with Crippen LogP contribution >= 0.6 is 0 Å². The molecule has 1 aliphatic carbocycles. The summed E-state index contributed by atoms with van der Waals surface area (Å²) in [7, 11) is -3.62. The number of aromatic amines is 1. The molecule has 0 spiro atoms. The van der Waals surface area contributed by atoms with E-state index in [0.29, 0.717) is 48.4 Å². The molecule has 10 nitrogen and oxygen atoms in total. The predicted molar refractivity (Wildman–Crippen MR) is 114 cm³/mol. The van der Waals surface area contributed by atoms with Crippen LogP contribution in [0, 0.1) is 5.92 Å². The first-order valence-corrected chi connectivity index (χ1v) is 12.0. The number of carbonyl (C=O) groups is 1. The monoisotopic (exact) mass is 444 g/mol. The SMILES string of the molecule is O=C(Nc1nnc2c(n1)[nH]c1ccc(S(=O)(=O)N3CCOCC3)cc12)C1CCCCC1. The van der Waals surface area contributed by atoms with Crippen molar-refractivity contribution in [2.45, 2.75) is 37.0 Å². The van der Waals surface area contributed by atoms with E-state index in [-0.39, 0.29) is 22.7 Å². The van der Waals surface area contributed by atoms with E-state index in [9.17, 15) is 13.2 Å². The van der Waals surface area contributed by atoms with E-state index in [1.807, 2.05) is 0 Å². The summed E-state index contributed by atoms with van der Waals surface area (Å²) in [6, 6.07) is 4.86. The van der Waals surface area contributed by atoms with Gasteiger partial charge in [0.15, 0.2) is 5.65 Å². The molecule has 3 aromatic rings. The van der Waals surface area contributed by atoms with Crippen molar-refractivity contribution in [2.75, 3.05) is 31.6 Å². The van der Waals surface area contributed by atoms with Crippen molar-refractivity contribution in [2.24, 2.45) is 5.92 Å². The minimum atomic E-state index is -3.62. The zero-order chi connectivity index (χ0) is 21.4. The Morgan fingerprint density at radius 2 is 1.90 bits per heavy atom. The number of sulfonamides is 1. The first-order chi connectivity index (χ1) is 15.0. The lowest BCUT2D eigenvalue weighted by Gasteiger charge is -2.26. The molecule has 3 heterocycles. The highest BCUT2D eigenvalue weighted by Crippen LogP contribution is 2.28. The molecule has 0 unspecified atom stereocenters. The zero-order valence-corrected chi connectivity index (χ0v) is 17.8. The molecule has 0 atom stereocenters. The molecule has 1 aliphatic heterocycles. The number of nitrogens with one attached hydrogen (secondary N) is 2. The zero-order valence-electron chi connectivity index (χ0n) is 17.0. The third kappa shape index (κ3) is 3.88. The topological polar surface area (TPSA) is 130 Å². The Kier molecular flexibility index (Phi) is 5.32. The Balaban J connectivity index is 1.44. The minimum absolute atomic E-state index is 0.0105. The summed E-state index contributed by atoms with van der Waals surface area (Å²) in [5, 5.41) is 11.7. The highest BCUT2D eigenvalue weighted by Gasteiger charge is 2.27. The number of hydrogen-bond acceptors (Lipinski definition) is 7. The average molecular weight is 445 g/mol. The van der Waals surface area contributed by atoms with Crippen LogP contribution in [0.25, 0.3) is 22.1 Å². The number of anilines is 1. The third-order valence-electron chi connectivity index (χ3n) is 6.00. The van der Waals surface area contributed by atoms with Gasteiger partial charge < -0.3 is 9.72 Å². The molecule has 1 aromatic carbocycles. The summed E-state index contributed by atoms with van der Waals surface area (Å²) in [5.41, 5.74) is 1.61. The van der Waals surface area contributed by atoms with E-state index in [1.165, 1.54) is 10.7 Å². The van der Waals surface area contributed by atoms with Gasteiger partial charge in [0.25, 0.3) is 5.95 Å². The Morgan fingerprint density at radius 3 is 2.68 bits per heavy atom. The summed E-state index contributed by atoms with van der Waals surface area (Å²) in [5.74, 6) is 0.0651. The molecule has 164 valence electrons. The van der Waals surface area contributed by atoms with E-state index in [2.05, 4.69) is 25.5 Å². The molecule has 1 amide bonds. The molecule has 11 heteroatoms. The van der Waals surface area contributed by atoms with Gasteiger partial charge in [0.1, 0.15) is 5.52 Å². The molecule has 0 bridgehead atoms. The standard InChI is InChI=1S/C20H24N6O4S/c27-19(13-4-2-1-3-5-13)23-20-22-18-17(24-25-20)15-12-14(6-7-16(15)21-18)31(28,29)26-8-10-30-11-9-26/h6-7,12-13H,1-5,8-11H2,(H2,21,22,23,25,27). The lowest BCUT2D eigenvalue weighted by atomic mass is 9.89. The van der Waals surface area contributed by atoms with Crippen molar-refractivity contribution in [1.82, 2.24) is 24.5 Å². The van der Waals surface area contributed by atoms with Crippen LogP contribution in [0.3, 0.4) is 0 Å². The highest BCUT2D eigenvalue weighted by molar-refractivity contribution is 7.89. The third-order valence-corrected chi connectivity index (χ3v) is 7.90. The van der Waals surface area contributed by atoms with Gasteiger partial charge in [0.2, 0.25) is 15.9 Å². The van der Waals surface area contributed by atoms with Crippen molar-refractivity contribution >= 4 is 43.9 Å². The number of aromatic nitrogens is 4. The molecule has 5 rings (SSSR count). The average Bonchev–Trinajstić information content (AvgIpc) is 3.17. The molecule has 2 aliphatic rings. The van der Waals surface area contributed by atoms with Crippen LogP contribution in [-0.2, 0) is 19.6 Å². The van der Waals surface area contributed by atoms with E-state index in [4.69, 9.17) is 4.74 Å². The summed E-state index contributed by atoms with van der Waals surface area (Å²) >= 11 is 0. The van der Waals surface area contributed by atoms with Crippen LogP contribution in [-0.4, -0.2) is 65.1 Å². The van der Waals surface area contributed by atoms with Crippen LogP contribution in [0.15, 0.2) is 23.1 Å². The number of amides is 1. The largest absolute Gasteiger partial charge is 0.379 e. The van der Waals surface area contributed by atoms with Crippen molar-refractivity contribution in [1.29, 1.82) is 0 Å². The second-order valence-electron chi connectivity index (χ2n) is 8.01. The fraction of sp³-hybridized carbons (Fsp3) is 0.500. The molecular weight excluding hydrogens is 420 g/mol. The van der Waals surface area contributed by atoms with E-state index < -0.39 is 10.0 Å². The van der Waals surface area contributed by atoms with Gasteiger partial charge in [0.05, 0.1) is 18.1 Å². The number of hydrogen-bond donors (Lipinski definition) is 2. The van der Waals surface area contributed by atoms with Crippen molar-refractivity contribution in [3.05, 3.63) is 18.2 Å². The smallest absolute Gasteiger partial charge is 0.251 e. The van der Waals surface area contributed by atoms with Crippen molar-refractivity contribution < 1.29 is 17.9 Å². The highest BCUT2D eigenvalue weighted by atomic mass is 32.2. The predicted octanol–water partition coefficient (Wildman–Crippen LogP) is 2.05. The molecule has 2 fully saturated rings. The second kappa shape index (κ2) is 8.13. The number of morpholine rings is 1. The molecule has 31 heavy (non-hydrogen) atoms. The molecule has 0 radical (unpaired) electrons. The van der Waals surface area contributed by atoms with Gasteiger partial charge in [-0.2, -0.15) is 9.29 Å². The number of fused-ring (bicyclic) bond motifs is 3. The number of rotatable bonds is 4. The summed E-state index contributed by atoms with van der Waals surface area (Å²) in [6.07, 6.45) is 5.07. The Labute approximate surface area is 179 Å². The molecule has 1 saturated heterocycles. The maximum absolute atomic E-state index is 13.0. The van der Waals surface area contributed by atoms with Gasteiger partial charge in [-0.3, -0.25) is 10.1 Å². The first kappa shape index (κ1) is 20.3. The van der Waals surface area contributed by atoms with Crippen molar-refractivity contribution in [3.63, 3.8) is 0 Å². The summed E-state index contributed by atoms with van der Waals surface area (Å²) in [4.78, 5) is 20.2. The number of ether oxygens (including phenoxy) is 1. The van der Waals surface area contributed by atoms with Crippen LogP contribution in [0.5, 0.6) is 0 Å². The normalized spacial score (nSPS) is 19.1. The maximum Gasteiger partial charge on any atom is 0.251 e. The molecule has 2 N–H and O–H groups in total. The molecular formula is C20H24N6O4S. The summed E-state index contributed by atoms with van der Waals surface area (Å²) in [6.45, 7) is 1.44. The quantitative estimate of drug-likeness (QED) is 0.630. The van der Waals surface area contributed by atoms with Gasteiger partial charge in [-0.25, -0.2) is 8.42 Å². The Bertz CT molecular complexity index is 1230. The lowest BCUT2D eigenvalue weighted by molar-refractivity contribution is -0.120. The lowest BCUT2D eigenvalue weighted by Crippen LogP contribution is -2.40. The van der Waals surface area contributed by atoms with Gasteiger partial charge in [0, 0.05) is 29.9 Å². The van der Waals surface area contributed by atoms with E-state index in [0.717, 1.165) is 25.7 Å². The van der Waals surface area contributed by atoms with Crippen molar-refractivity contribution in [3.8, 4) is 0 Å². The fourth-order valence-electron chi connectivity index (χ4n) is 4.28. The van der Waals surface area contributed by atoms with Gasteiger partial charge in [-0.15, -0.1) is 10.2 Å². The molecule has 1 saturated carbocycles. The van der Waals surface area contributed by atoms with Gasteiger partial charge in [-0.05, 0) is 31.0 Å². The summed E-state index contributed by atoms with van der Waals surface area (Å²) < 4.78 is 32.6. The van der Waals surface area contributed by atoms with Gasteiger partial charge >= 0.3 is 0 Å². The first-order valence-electron chi connectivity index (χ1n) is 10.6. The van der Waals surface area contributed by atoms with Crippen LogP contribution in [0.4, 0.5) is 5.95 Å².